The quantitative estimate of drug-likeness (QED) is 0.829. The highest BCUT2D eigenvalue weighted by atomic mass is 16.5. The highest BCUT2D eigenvalue weighted by Gasteiger charge is 2.59. The summed E-state index contributed by atoms with van der Waals surface area (Å²) in [6.45, 7) is 1.40. The summed E-state index contributed by atoms with van der Waals surface area (Å²) in [4.78, 5) is 12.2. The predicted octanol–water partition coefficient (Wildman–Crippen LogP) is 1.49. The predicted molar refractivity (Wildman–Crippen MR) is 67.2 cm³/mol. The lowest BCUT2D eigenvalue weighted by Gasteiger charge is -2.60. The Morgan fingerprint density at radius 2 is 2.22 bits per heavy atom. The van der Waals surface area contributed by atoms with E-state index in [9.17, 15) is 4.79 Å². The van der Waals surface area contributed by atoms with Gasteiger partial charge in [-0.2, -0.15) is 0 Å². The van der Waals surface area contributed by atoms with Crippen molar-refractivity contribution >= 4 is 5.91 Å². The lowest BCUT2D eigenvalue weighted by Crippen LogP contribution is -2.68. The molecular weight excluding hydrogens is 230 g/mol. The van der Waals surface area contributed by atoms with Crippen molar-refractivity contribution in [3.05, 3.63) is 0 Å². The zero-order valence-electron chi connectivity index (χ0n) is 11.1. The normalized spacial score (nSPS) is 37.7. The number of hydrogen-bond acceptors (Lipinski definition) is 3. The third-order valence-electron chi connectivity index (χ3n) is 5.20. The first-order valence-electron chi connectivity index (χ1n) is 7.17. The van der Waals surface area contributed by atoms with Crippen LogP contribution in [0.2, 0.25) is 0 Å². The van der Waals surface area contributed by atoms with Crippen LogP contribution in [0.15, 0.2) is 0 Å². The molecule has 1 aliphatic heterocycles. The lowest BCUT2D eigenvalue weighted by molar-refractivity contribution is -0.168. The Kier molecular flexibility index (Phi) is 3.32. The molecule has 0 aromatic carbocycles. The molecule has 1 spiro atoms. The summed E-state index contributed by atoms with van der Waals surface area (Å²) in [7, 11) is 1.79. The van der Waals surface area contributed by atoms with Gasteiger partial charge in [0.2, 0.25) is 5.91 Å². The van der Waals surface area contributed by atoms with Gasteiger partial charge in [0.05, 0.1) is 18.6 Å². The molecule has 4 heteroatoms. The number of rotatable bonds is 3. The van der Waals surface area contributed by atoms with Crippen LogP contribution in [-0.4, -0.2) is 38.4 Å². The lowest BCUT2D eigenvalue weighted by atomic mass is 9.51. The maximum atomic E-state index is 12.2. The monoisotopic (exact) mass is 253 g/mol. The summed E-state index contributed by atoms with van der Waals surface area (Å²) in [6.07, 6.45) is 7.01. The van der Waals surface area contributed by atoms with Crippen molar-refractivity contribution < 1.29 is 14.3 Å². The first-order chi connectivity index (χ1) is 8.76. The van der Waals surface area contributed by atoms with Gasteiger partial charge in [-0.25, -0.2) is 0 Å². The average molecular weight is 253 g/mol. The topological polar surface area (TPSA) is 47.6 Å². The van der Waals surface area contributed by atoms with Gasteiger partial charge in [-0.1, -0.05) is 6.42 Å². The Bertz CT molecular complexity index is 321. The first kappa shape index (κ1) is 12.4. The van der Waals surface area contributed by atoms with E-state index < -0.39 is 0 Å². The van der Waals surface area contributed by atoms with Crippen molar-refractivity contribution in [3.8, 4) is 0 Å². The maximum Gasteiger partial charge on any atom is 0.225 e. The van der Waals surface area contributed by atoms with E-state index in [1.807, 2.05) is 0 Å². The third kappa shape index (κ3) is 1.86. The molecule has 0 aromatic heterocycles. The molecule has 3 rings (SSSR count). The summed E-state index contributed by atoms with van der Waals surface area (Å²) in [6, 6.07) is 0.339. The molecule has 1 N–H and O–H groups in total. The Balaban J connectivity index is 1.55. The second kappa shape index (κ2) is 4.82. The summed E-state index contributed by atoms with van der Waals surface area (Å²) in [5.41, 5.74) is 0.264. The maximum absolute atomic E-state index is 12.2. The molecule has 102 valence electrons. The smallest absolute Gasteiger partial charge is 0.225 e. The largest absolute Gasteiger partial charge is 0.381 e. The van der Waals surface area contributed by atoms with E-state index in [1.54, 1.807) is 7.11 Å². The van der Waals surface area contributed by atoms with Crippen molar-refractivity contribution in [2.45, 2.75) is 50.7 Å². The summed E-state index contributed by atoms with van der Waals surface area (Å²) >= 11 is 0. The first-order valence-corrected chi connectivity index (χ1v) is 7.17. The van der Waals surface area contributed by atoms with Crippen LogP contribution in [-0.2, 0) is 14.3 Å². The second-order valence-corrected chi connectivity index (χ2v) is 6.02. The van der Waals surface area contributed by atoms with Crippen LogP contribution >= 0.6 is 0 Å². The molecule has 0 aromatic rings. The minimum atomic E-state index is 0.0671. The SMILES string of the molecule is CO[C@@H]1C[C@H](NC(=O)[C@@H]2CCCOC2)C12CCC2. The van der Waals surface area contributed by atoms with Gasteiger partial charge in [0.25, 0.3) is 0 Å². The van der Waals surface area contributed by atoms with Crippen molar-refractivity contribution in [1.29, 1.82) is 0 Å². The van der Waals surface area contributed by atoms with Gasteiger partial charge in [-0.05, 0) is 32.1 Å². The highest BCUT2D eigenvalue weighted by Crippen LogP contribution is 2.57. The molecule has 3 fully saturated rings. The second-order valence-electron chi connectivity index (χ2n) is 6.02. The Labute approximate surface area is 108 Å². The fraction of sp³-hybridized carbons (Fsp3) is 0.929. The van der Waals surface area contributed by atoms with Gasteiger partial charge < -0.3 is 14.8 Å². The number of hydrogen-bond donors (Lipinski definition) is 1. The van der Waals surface area contributed by atoms with Crippen LogP contribution in [0.3, 0.4) is 0 Å². The van der Waals surface area contributed by atoms with Crippen LogP contribution in [0.1, 0.15) is 38.5 Å². The van der Waals surface area contributed by atoms with Gasteiger partial charge in [-0.15, -0.1) is 0 Å². The zero-order valence-corrected chi connectivity index (χ0v) is 11.1. The van der Waals surface area contributed by atoms with E-state index in [2.05, 4.69) is 5.32 Å². The summed E-state index contributed by atoms with van der Waals surface area (Å²) in [5.74, 6) is 0.262. The van der Waals surface area contributed by atoms with Crippen molar-refractivity contribution in [2.24, 2.45) is 11.3 Å². The van der Waals surface area contributed by atoms with Crippen LogP contribution in [0.4, 0.5) is 0 Å². The van der Waals surface area contributed by atoms with E-state index >= 15 is 0 Å². The Hall–Kier alpha value is -0.610. The van der Waals surface area contributed by atoms with E-state index in [4.69, 9.17) is 9.47 Å². The highest BCUT2D eigenvalue weighted by molar-refractivity contribution is 5.79. The third-order valence-corrected chi connectivity index (χ3v) is 5.20. The minimum absolute atomic E-state index is 0.0671. The van der Waals surface area contributed by atoms with Crippen LogP contribution < -0.4 is 5.32 Å². The zero-order chi connectivity index (χ0) is 12.6. The molecule has 4 nitrogen and oxygen atoms in total. The molecule has 2 saturated carbocycles. The fourth-order valence-electron chi connectivity index (χ4n) is 3.77. The number of carbonyl (C=O) groups excluding carboxylic acids is 1. The fourth-order valence-corrected chi connectivity index (χ4v) is 3.77. The van der Waals surface area contributed by atoms with Gasteiger partial charge in [0.15, 0.2) is 0 Å². The minimum Gasteiger partial charge on any atom is -0.381 e. The van der Waals surface area contributed by atoms with Gasteiger partial charge in [-0.3, -0.25) is 4.79 Å². The Morgan fingerprint density at radius 1 is 1.39 bits per heavy atom. The molecule has 3 aliphatic rings. The molecule has 0 radical (unpaired) electrons. The molecule has 1 amide bonds. The van der Waals surface area contributed by atoms with E-state index in [1.165, 1.54) is 19.3 Å². The summed E-state index contributed by atoms with van der Waals surface area (Å²) in [5, 5.41) is 3.24. The van der Waals surface area contributed by atoms with Gasteiger partial charge in [0.1, 0.15) is 0 Å². The molecule has 0 bridgehead atoms. The number of amides is 1. The number of carbonyl (C=O) groups is 1. The number of nitrogens with one attached hydrogen (secondary N) is 1. The van der Waals surface area contributed by atoms with E-state index in [0.29, 0.717) is 18.8 Å². The molecule has 0 unspecified atom stereocenters. The van der Waals surface area contributed by atoms with Gasteiger partial charge in [0, 0.05) is 25.2 Å². The molecule has 1 saturated heterocycles. The molecule has 3 atom stereocenters. The number of ether oxygens (including phenoxy) is 2. The summed E-state index contributed by atoms with van der Waals surface area (Å²) < 4.78 is 10.9. The van der Waals surface area contributed by atoms with Crippen molar-refractivity contribution in [3.63, 3.8) is 0 Å². The standard InChI is InChI=1S/C14H23NO3/c1-17-12-8-11(14(12)5-3-6-14)15-13(16)10-4-2-7-18-9-10/h10-12H,2-9H2,1H3,(H,15,16)/t10-,11+,12-/m1/s1. The van der Waals surface area contributed by atoms with Crippen LogP contribution in [0.5, 0.6) is 0 Å². The van der Waals surface area contributed by atoms with Crippen LogP contribution in [0, 0.1) is 11.3 Å². The molecular formula is C14H23NO3. The molecule has 1 heterocycles. The average Bonchev–Trinajstić information content (AvgIpc) is 2.32. The van der Waals surface area contributed by atoms with Crippen LogP contribution in [0.25, 0.3) is 0 Å². The van der Waals surface area contributed by atoms with Crippen molar-refractivity contribution in [1.82, 2.24) is 5.32 Å². The Morgan fingerprint density at radius 3 is 2.78 bits per heavy atom. The van der Waals surface area contributed by atoms with Crippen molar-refractivity contribution in [2.75, 3.05) is 20.3 Å². The van der Waals surface area contributed by atoms with Gasteiger partial charge >= 0.3 is 0 Å². The van der Waals surface area contributed by atoms with E-state index in [-0.39, 0.29) is 17.2 Å². The molecule has 2 aliphatic carbocycles. The molecule has 18 heavy (non-hydrogen) atoms. The van der Waals surface area contributed by atoms with E-state index in [0.717, 1.165) is 25.9 Å². The number of methoxy groups -OCH3 is 1.